The van der Waals surface area contributed by atoms with Crippen molar-refractivity contribution < 1.29 is 14.3 Å². The Morgan fingerprint density at radius 3 is 3.10 bits per heavy atom. The van der Waals surface area contributed by atoms with Gasteiger partial charge in [-0.2, -0.15) is 0 Å². The van der Waals surface area contributed by atoms with Crippen LogP contribution in [0.2, 0.25) is 0 Å². The van der Waals surface area contributed by atoms with Gasteiger partial charge in [-0.15, -0.1) is 0 Å². The quantitative estimate of drug-likeness (QED) is 0.792. The Morgan fingerprint density at radius 1 is 1.48 bits per heavy atom. The Balaban J connectivity index is 1.81. The summed E-state index contributed by atoms with van der Waals surface area (Å²) in [5, 5.41) is 5.44. The third-order valence-electron chi connectivity index (χ3n) is 3.45. The number of carbonyl (C=O) groups excluding carboxylic acids is 2. The molecule has 2 aromatic rings. The van der Waals surface area contributed by atoms with E-state index in [0.29, 0.717) is 19.1 Å². The lowest BCUT2D eigenvalue weighted by atomic mass is 10.2. The standard InChI is InChI=1S/C14H16N4O3/c1-21-7-6-15-12(19)8-11-13(20)17-14-16-9-4-2-3-5-10(9)18(11)14/h2-5,11H,6-8H2,1H3,(H,15,19)(H,16,17,20)/t11-/m0/s1. The molecule has 0 spiro atoms. The van der Waals surface area contributed by atoms with Crippen LogP contribution < -0.4 is 10.6 Å². The number of fused-ring (bicyclic) bond motifs is 3. The highest BCUT2D eigenvalue weighted by atomic mass is 16.5. The van der Waals surface area contributed by atoms with E-state index in [4.69, 9.17) is 4.74 Å². The van der Waals surface area contributed by atoms with E-state index in [-0.39, 0.29) is 18.2 Å². The van der Waals surface area contributed by atoms with Crippen LogP contribution in [0.3, 0.4) is 0 Å². The molecule has 2 amide bonds. The van der Waals surface area contributed by atoms with E-state index in [0.717, 1.165) is 11.0 Å². The van der Waals surface area contributed by atoms with Crippen molar-refractivity contribution in [2.24, 2.45) is 0 Å². The molecule has 0 saturated carbocycles. The van der Waals surface area contributed by atoms with Crippen LogP contribution in [0.1, 0.15) is 12.5 Å². The number of hydrogen-bond donors (Lipinski definition) is 2. The molecule has 0 unspecified atom stereocenters. The average molecular weight is 288 g/mol. The molecular formula is C14H16N4O3. The van der Waals surface area contributed by atoms with Gasteiger partial charge < -0.3 is 10.1 Å². The topological polar surface area (TPSA) is 85.2 Å². The van der Waals surface area contributed by atoms with Crippen LogP contribution in [-0.2, 0) is 14.3 Å². The Kier molecular flexibility index (Phi) is 3.57. The zero-order chi connectivity index (χ0) is 14.8. The lowest BCUT2D eigenvalue weighted by molar-refractivity contribution is -0.126. The second-order valence-corrected chi connectivity index (χ2v) is 4.85. The Bertz CT molecular complexity index is 695. The molecule has 1 aliphatic heterocycles. The number of amides is 2. The van der Waals surface area contributed by atoms with E-state index in [9.17, 15) is 9.59 Å². The zero-order valence-electron chi connectivity index (χ0n) is 11.6. The monoisotopic (exact) mass is 288 g/mol. The number of aromatic nitrogens is 2. The van der Waals surface area contributed by atoms with Gasteiger partial charge in [0.2, 0.25) is 17.8 Å². The first-order chi connectivity index (χ1) is 10.2. The van der Waals surface area contributed by atoms with Crippen molar-refractivity contribution in [3.63, 3.8) is 0 Å². The van der Waals surface area contributed by atoms with E-state index in [1.807, 2.05) is 24.3 Å². The van der Waals surface area contributed by atoms with E-state index in [1.165, 1.54) is 0 Å². The highest BCUT2D eigenvalue weighted by Gasteiger charge is 2.34. The summed E-state index contributed by atoms with van der Waals surface area (Å²) in [4.78, 5) is 28.3. The largest absolute Gasteiger partial charge is 0.383 e. The van der Waals surface area contributed by atoms with Crippen molar-refractivity contribution in [1.82, 2.24) is 14.9 Å². The second-order valence-electron chi connectivity index (χ2n) is 4.85. The number of hydrogen-bond acceptors (Lipinski definition) is 4. The third kappa shape index (κ3) is 2.47. The van der Waals surface area contributed by atoms with E-state index in [2.05, 4.69) is 15.6 Å². The number of methoxy groups -OCH3 is 1. The van der Waals surface area contributed by atoms with Gasteiger partial charge in [-0.1, -0.05) is 12.1 Å². The first-order valence-corrected chi connectivity index (χ1v) is 6.74. The van der Waals surface area contributed by atoms with Crippen LogP contribution >= 0.6 is 0 Å². The van der Waals surface area contributed by atoms with Crippen LogP contribution in [0.5, 0.6) is 0 Å². The summed E-state index contributed by atoms with van der Waals surface area (Å²) in [5.41, 5.74) is 1.65. The van der Waals surface area contributed by atoms with Gasteiger partial charge in [-0.25, -0.2) is 4.98 Å². The summed E-state index contributed by atoms with van der Waals surface area (Å²) in [7, 11) is 1.57. The molecule has 0 aliphatic carbocycles. The molecule has 7 heteroatoms. The van der Waals surface area contributed by atoms with Crippen molar-refractivity contribution in [3.8, 4) is 0 Å². The number of para-hydroxylation sites is 2. The average Bonchev–Trinajstić information content (AvgIpc) is 2.96. The van der Waals surface area contributed by atoms with Crippen LogP contribution in [0.25, 0.3) is 11.0 Å². The van der Waals surface area contributed by atoms with Crippen molar-refractivity contribution in [2.75, 3.05) is 25.6 Å². The molecule has 1 aromatic carbocycles. The van der Waals surface area contributed by atoms with Crippen LogP contribution in [0, 0.1) is 0 Å². The summed E-state index contributed by atoms with van der Waals surface area (Å²) in [6.07, 6.45) is 0.0862. The van der Waals surface area contributed by atoms with Crippen molar-refractivity contribution >= 4 is 28.8 Å². The molecule has 2 N–H and O–H groups in total. The molecule has 0 fully saturated rings. The fourth-order valence-corrected chi connectivity index (χ4v) is 2.48. The van der Waals surface area contributed by atoms with Gasteiger partial charge >= 0.3 is 0 Å². The van der Waals surface area contributed by atoms with Crippen molar-refractivity contribution in [1.29, 1.82) is 0 Å². The zero-order valence-corrected chi connectivity index (χ0v) is 11.6. The third-order valence-corrected chi connectivity index (χ3v) is 3.45. The van der Waals surface area contributed by atoms with E-state index >= 15 is 0 Å². The number of ether oxygens (including phenoxy) is 1. The lowest BCUT2D eigenvalue weighted by Gasteiger charge is -2.11. The minimum atomic E-state index is -0.560. The first kappa shape index (κ1) is 13.6. The van der Waals surface area contributed by atoms with Gasteiger partial charge in [0.15, 0.2) is 0 Å². The van der Waals surface area contributed by atoms with Gasteiger partial charge in [-0.3, -0.25) is 19.5 Å². The minimum Gasteiger partial charge on any atom is -0.383 e. The normalized spacial score (nSPS) is 16.8. The SMILES string of the molecule is COCCNC(=O)C[C@H]1C(=O)Nc2nc3ccccc3n21. The number of rotatable bonds is 5. The minimum absolute atomic E-state index is 0.0862. The Labute approximate surface area is 121 Å². The molecule has 1 aromatic heterocycles. The van der Waals surface area contributed by atoms with Crippen LogP contribution in [-0.4, -0.2) is 41.6 Å². The van der Waals surface area contributed by atoms with Gasteiger partial charge in [-0.05, 0) is 12.1 Å². The number of anilines is 1. The molecule has 2 heterocycles. The van der Waals surface area contributed by atoms with Gasteiger partial charge in [0.1, 0.15) is 6.04 Å². The van der Waals surface area contributed by atoms with Gasteiger partial charge in [0.25, 0.3) is 0 Å². The lowest BCUT2D eigenvalue weighted by Crippen LogP contribution is -2.30. The number of nitrogens with one attached hydrogen (secondary N) is 2. The van der Waals surface area contributed by atoms with Gasteiger partial charge in [0.05, 0.1) is 24.1 Å². The summed E-state index contributed by atoms with van der Waals surface area (Å²) in [5.74, 6) is 0.110. The fourth-order valence-electron chi connectivity index (χ4n) is 2.48. The second kappa shape index (κ2) is 5.53. The summed E-state index contributed by atoms with van der Waals surface area (Å²) in [6, 6.07) is 6.98. The highest BCUT2D eigenvalue weighted by Crippen LogP contribution is 2.31. The van der Waals surface area contributed by atoms with Crippen molar-refractivity contribution in [3.05, 3.63) is 24.3 Å². The maximum absolute atomic E-state index is 12.0. The highest BCUT2D eigenvalue weighted by molar-refractivity contribution is 6.01. The molecule has 0 bridgehead atoms. The van der Waals surface area contributed by atoms with Crippen LogP contribution in [0.15, 0.2) is 24.3 Å². The maximum Gasteiger partial charge on any atom is 0.250 e. The Hall–Kier alpha value is -2.41. The molecule has 0 radical (unpaired) electrons. The van der Waals surface area contributed by atoms with Crippen molar-refractivity contribution in [2.45, 2.75) is 12.5 Å². The molecule has 21 heavy (non-hydrogen) atoms. The van der Waals surface area contributed by atoms with Gasteiger partial charge in [0, 0.05) is 13.7 Å². The molecular weight excluding hydrogens is 272 g/mol. The predicted octanol–water partition coefficient (Wildman–Crippen LogP) is 0.682. The molecule has 3 rings (SSSR count). The first-order valence-electron chi connectivity index (χ1n) is 6.74. The van der Waals surface area contributed by atoms with Crippen LogP contribution in [0.4, 0.5) is 5.95 Å². The summed E-state index contributed by atoms with van der Waals surface area (Å²) >= 11 is 0. The fraction of sp³-hybridized carbons (Fsp3) is 0.357. The van der Waals surface area contributed by atoms with E-state index < -0.39 is 6.04 Å². The smallest absolute Gasteiger partial charge is 0.250 e. The maximum atomic E-state index is 12.0. The molecule has 0 saturated heterocycles. The number of carbonyl (C=O) groups is 2. The molecule has 110 valence electrons. The summed E-state index contributed by atoms with van der Waals surface area (Å²) < 4.78 is 6.66. The number of benzene rings is 1. The molecule has 7 nitrogen and oxygen atoms in total. The molecule has 1 atom stereocenters. The number of imidazole rings is 1. The summed E-state index contributed by atoms with van der Waals surface area (Å²) in [6.45, 7) is 0.878. The van der Waals surface area contributed by atoms with E-state index in [1.54, 1.807) is 11.7 Å². The molecule has 1 aliphatic rings. The Morgan fingerprint density at radius 2 is 2.29 bits per heavy atom. The predicted molar refractivity (Wildman–Crippen MR) is 76.9 cm³/mol. The number of nitrogens with zero attached hydrogens (tertiary/aromatic N) is 2.